The minimum absolute atomic E-state index is 1.07. The molecule has 0 bridgehead atoms. The molecule has 0 saturated carbocycles. The van der Waals surface area contributed by atoms with E-state index >= 15 is 0 Å². The second-order valence-electron chi connectivity index (χ2n) is 14.2. The van der Waals surface area contributed by atoms with Crippen LogP contribution in [0.1, 0.15) is 0 Å². The quantitative estimate of drug-likeness (QED) is 0.162. The number of anilines is 6. The molecule has 0 aliphatic heterocycles. The summed E-state index contributed by atoms with van der Waals surface area (Å²) in [5, 5.41) is 7.55. The zero-order chi connectivity index (χ0) is 37.0. The number of benzene rings is 9. The number of thiophene rings is 1. The van der Waals surface area contributed by atoms with Crippen LogP contribution in [0, 0.1) is 0 Å². The molecule has 2 heterocycles. The third-order valence-corrected chi connectivity index (χ3v) is 12.0. The van der Waals surface area contributed by atoms with Crippen molar-refractivity contribution < 1.29 is 0 Å². The third-order valence-electron chi connectivity index (χ3n) is 10.9. The van der Waals surface area contributed by atoms with Crippen molar-refractivity contribution in [2.75, 3.05) is 9.80 Å². The lowest BCUT2D eigenvalue weighted by Crippen LogP contribution is -2.13. The highest BCUT2D eigenvalue weighted by Crippen LogP contribution is 2.47. The molecule has 0 radical (unpaired) electrons. The molecule has 0 spiro atoms. The summed E-state index contributed by atoms with van der Waals surface area (Å²) in [6.45, 7) is 0. The van der Waals surface area contributed by atoms with E-state index in [0.717, 1.165) is 39.8 Å². The van der Waals surface area contributed by atoms with Crippen molar-refractivity contribution in [1.29, 1.82) is 0 Å². The van der Waals surface area contributed by atoms with Gasteiger partial charge in [-0.1, -0.05) is 115 Å². The number of fused-ring (bicyclic) bond motifs is 7. The van der Waals surface area contributed by atoms with Gasteiger partial charge in [-0.15, -0.1) is 11.3 Å². The molecule has 0 unspecified atom stereocenters. The number of para-hydroxylation sites is 4. The van der Waals surface area contributed by atoms with E-state index in [4.69, 9.17) is 0 Å². The van der Waals surface area contributed by atoms with Crippen LogP contribution in [0.5, 0.6) is 0 Å². The molecule has 0 aliphatic rings. The van der Waals surface area contributed by atoms with E-state index in [0.29, 0.717) is 0 Å². The number of aromatic nitrogens is 1. The topological polar surface area (TPSA) is 11.4 Å². The Bertz CT molecular complexity index is 3200. The van der Waals surface area contributed by atoms with Crippen LogP contribution in [0.4, 0.5) is 34.1 Å². The van der Waals surface area contributed by atoms with Gasteiger partial charge in [0.25, 0.3) is 0 Å². The fraction of sp³-hybridized carbons (Fsp3) is 0. The van der Waals surface area contributed by atoms with Crippen LogP contribution in [0.25, 0.3) is 58.4 Å². The average molecular weight is 734 g/mol. The molecule has 0 N–H and O–H groups in total. The monoisotopic (exact) mass is 733 g/mol. The van der Waals surface area contributed by atoms with Crippen molar-refractivity contribution in [3.63, 3.8) is 0 Å². The number of hydrogen-bond acceptors (Lipinski definition) is 3. The van der Waals surface area contributed by atoms with Crippen LogP contribution in [0.3, 0.4) is 0 Å². The van der Waals surface area contributed by atoms with Crippen LogP contribution in [-0.4, -0.2) is 4.57 Å². The summed E-state index contributed by atoms with van der Waals surface area (Å²) in [6.07, 6.45) is 0. The van der Waals surface area contributed by atoms with Gasteiger partial charge in [0.2, 0.25) is 0 Å². The minimum Gasteiger partial charge on any atom is -0.310 e. The highest BCUT2D eigenvalue weighted by molar-refractivity contribution is 7.26. The highest BCUT2D eigenvalue weighted by atomic mass is 32.1. The van der Waals surface area contributed by atoms with E-state index in [1.54, 1.807) is 0 Å². The first-order chi connectivity index (χ1) is 27.8. The van der Waals surface area contributed by atoms with Crippen molar-refractivity contribution in [2.45, 2.75) is 0 Å². The van der Waals surface area contributed by atoms with Gasteiger partial charge in [0.1, 0.15) is 0 Å². The molecule has 0 aliphatic carbocycles. The van der Waals surface area contributed by atoms with Crippen molar-refractivity contribution in [3.05, 3.63) is 212 Å². The summed E-state index contributed by atoms with van der Waals surface area (Å²) in [7, 11) is 0. The molecule has 9 aromatic carbocycles. The molecule has 0 atom stereocenters. The Hall–Kier alpha value is -7.14. The Morgan fingerprint density at radius 1 is 0.339 bits per heavy atom. The normalized spacial score (nSPS) is 11.6. The van der Waals surface area contributed by atoms with E-state index in [2.05, 4.69) is 227 Å². The summed E-state index contributed by atoms with van der Waals surface area (Å²) < 4.78 is 4.96. The smallest absolute Gasteiger partial charge is 0.0561 e. The Balaban J connectivity index is 1.12. The average Bonchev–Trinajstić information content (AvgIpc) is 3.79. The first kappa shape index (κ1) is 32.3. The van der Waals surface area contributed by atoms with E-state index < -0.39 is 0 Å². The van der Waals surface area contributed by atoms with E-state index in [1.165, 1.54) is 52.8 Å². The first-order valence-electron chi connectivity index (χ1n) is 19.0. The minimum atomic E-state index is 1.07. The van der Waals surface area contributed by atoms with Gasteiger partial charge >= 0.3 is 0 Å². The van der Waals surface area contributed by atoms with Crippen LogP contribution < -0.4 is 9.80 Å². The first-order valence-corrected chi connectivity index (χ1v) is 19.8. The summed E-state index contributed by atoms with van der Waals surface area (Å²) in [6, 6.07) is 76.9. The molecule has 11 rings (SSSR count). The van der Waals surface area contributed by atoms with Crippen LogP contribution in [0.2, 0.25) is 0 Å². The van der Waals surface area contributed by atoms with E-state index in [-0.39, 0.29) is 0 Å². The SMILES string of the molecule is c1ccc(N(c2cccc(N(c3ccccc3)c3cccc4sc5cc6ccccc6cc5c34)c2)c2ccc3c4ccccc4n(-c4ccccc4)c3c2)cc1. The number of hydrogen-bond donors (Lipinski definition) is 0. The van der Waals surface area contributed by atoms with Gasteiger partial charge < -0.3 is 14.4 Å². The highest BCUT2D eigenvalue weighted by Gasteiger charge is 2.22. The van der Waals surface area contributed by atoms with Crippen molar-refractivity contribution in [2.24, 2.45) is 0 Å². The fourth-order valence-corrected chi connectivity index (χ4v) is 9.59. The number of nitrogens with zero attached hydrogens (tertiary/aromatic N) is 3. The zero-order valence-electron chi connectivity index (χ0n) is 30.5. The largest absolute Gasteiger partial charge is 0.310 e. The maximum atomic E-state index is 2.42. The summed E-state index contributed by atoms with van der Waals surface area (Å²) in [5.74, 6) is 0. The Morgan fingerprint density at radius 3 is 1.68 bits per heavy atom. The van der Waals surface area contributed by atoms with Gasteiger partial charge in [-0.25, -0.2) is 0 Å². The Morgan fingerprint density at radius 2 is 0.911 bits per heavy atom. The van der Waals surface area contributed by atoms with Crippen molar-refractivity contribution in [1.82, 2.24) is 4.57 Å². The van der Waals surface area contributed by atoms with Gasteiger partial charge in [0.05, 0.1) is 16.7 Å². The standard InChI is InChI=1S/C52H35N3S/c1-4-18-38(19-5-1)53(43-30-31-45-44-26-12-13-27-47(44)55(49(45)35-43)40-22-8-3-9-23-40)41-24-14-25-42(34-41)54(39-20-6-2-7-21-39)48-28-15-29-50-52(48)46-32-36-16-10-11-17-37(36)33-51(46)56-50/h1-35H. The molecular formula is C52H35N3S. The van der Waals surface area contributed by atoms with Gasteiger partial charge in [-0.3, -0.25) is 0 Å². The molecule has 0 saturated heterocycles. The number of rotatable bonds is 7. The second-order valence-corrected chi connectivity index (χ2v) is 15.3. The van der Waals surface area contributed by atoms with Crippen molar-refractivity contribution >= 4 is 98.2 Å². The Labute approximate surface area is 329 Å². The fourth-order valence-electron chi connectivity index (χ4n) is 8.43. The molecule has 0 fully saturated rings. The lowest BCUT2D eigenvalue weighted by Gasteiger charge is -2.30. The molecule has 2 aromatic heterocycles. The third kappa shape index (κ3) is 5.34. The summed E-state index contributed by atoms with van der Waals surface area (Å²) >= 11 is 1.87. The lowest BCUT2D eigenvalue weighted by atomic mass is 10.0. The van der Waals surface area contributed by atoms with Gasteiger partial charge in [0.15, 0.2) is 0 Å². The predicted molar refractivity (Wildman–Crippen MR) is 241 cm³/mol. The van der Waals surface area contributed by atoms with Gasteiger partial charge in [-0.05, 0) is 108 Å². The second kappa shape index (κ2) is 13.3. The molecular weight excluding hydrogens is 699 g/mol. The van der Waals surface area contributed by atoms with Gasteiger partial charge in [-0.2, -0.15) is 0 Å². The predicted octanol–water partition coefficient (Wildman–Crippen LogP) is 15.2. The van der Waals surface area contributed by atoms with Crippen LogP contribution in [0.15, 0.2) is 212 Å². The van der Waals surface area contributed by atoms with E-state index in [1.807, 2.05) is 11.3 Å². The molecule has 264 valence electrons. The van der Waals surface area contributed by atoms with Gasteiger partial charge in [0, 0.05) is 65.1 Å². The molecule has 11 aromatic rings. The summed E-state index contributed by atoms with van der Waals surface area (Å²) in [5.41, 5.74) is 10.1. The van der Waals surface area contributed by atoms with Crippen molar-refractivity contribution in [3.8, 4) is 5.69 Å². The zero-order valence-corrected chi connectivity index (χ0v) is 31.3. The molecule has 4 heteroatoms. The van der Waals surface area contributed by atoms with Crippen LogP contribution >= 0.6 is 11.3 Å². The maximum Gasteiger partial charge on any atom is 0.0561 e. The lowest BCUT2D eigenvalue weighted by molar-refractivity contribution is 1.18. The maximum absolute atomic E-state index is 2.42. The molecule has 0 amide bonds. The van der Waals surface area contributed by atoms with Crippen LogP contribution in [-0.2, 0) is 0 Å². The molecule has 3 nitrogen and oxygen atoms in total. The Kier molecular flexibility index (Phi) is 7.68. The summed E-state index contributed by atoms with van der Waals surface area (Å²) in [4.78, 5) is 4.80. The molecule has 56 heavy (non-hydrogen) atoms. The van der Waals surface area contributed by atoms with E-state index in [9.17, 15) is 0 Å².